The quantitative estimate of drug-likeness (QED) is 0.548. The number of carbonyl (C=O) groups excluding carboxylic acids is 1. The molecule has 2 saturated carbocycles. The maximum atomic E-state index is 12.7. The van der Waals surface area contributed by atoms with Crippen molar-refractivity contribution in [2.45, 2.75) is 13.3 Å². The Morgan fingerprint density at radius 1 is 1.11 bits per heavy atom. The van der Waals surface area contributed by atoms with Crippen LogP contribution in [0.2, 0.25) is 0 Å². The third-order valence-electron chi connectivity index (χ3n) is 5.30. The highest BCUT2D eigenvalue weighted by Crippen LogP contribution is 2.57. The molecule has 19 heavy (non-hydrogen) atoms. The Kier molecular flexibility index (Phi) is 2.32. The number of ketones is 1. The summed E-state index contributed by atoms with van der Waals surface area (Å²) < 4.78 is 0. The van der Waals surface area contributed by atoms with Crippen molar-refractivity contribution in [3.63, 3.8) is 0 Å². The van der Waals surface area contributed by atoms with Gasteiger partial charge in [-0.05, 0) is 47.3 Å². The lowest BCUT2D eigenvalue weighted by Crippen LogP contribution is -2.20. The third-order valence-corrected chi connectivity index (χ3v) is 5.30. The van der Waals surface area contributed by atoms with Crippen LogP contribution in [0.5, 0.6) is 0 Å². The van der Waals surface area contributed by atoms with Gasteiger partial charge in [-0.1, -0.05) is 49.4 Å². The molecule has 0 heterocycles. The van der Waals surface area contributed by atoms with Crippen LogP contribution in [0, 0.1) is 29.6 Å². The van der Waals surface area contributed by atoms with Gasteiger partial charge in [-0.15, -0.1) is 0 Å². The van der Waals surface area contributed by atoms with Crippen molar-refractivity contribution in [3.8, 4) is 0 Å². The fourth-order valence-corrected chi connectivity index (χ4v) is 4.47. The van der Waals surface area contributed by atoms with Crippen molar-refractivity contribution in [3.05, 3.63) is 53.6 Å². The molecule has 0 saturated heterocycles. The van der Waals surface area contributed by atoms with Gasteiger partial charge in [-0.3, -0.25) is 4.79 Å². The summed E-state index contributed by atoms with van der Waals surface area (Å²) in [6.07, 6.45) is 7.96. The number of hydrogen-bond donors (Lipinski definition) is 0. The van der Waals surface area contributed by atoms with E-state index < -0.39 is 0 Å². The third kappa shape index (κ3) is 1.51. The average Bonchev–Trinajstić information content (AvgIpc) is 3.10. The molecule has 3 aliphatic carbocycles. The number of allylic oxidation sites excluding steroid dienone is 3. The highest BCUT2D eigenvalue weighted by atomic mass is 16.1. The van der Waals surface area contributed by atoms with Gasteiger partial charge >= 0.3 is 0 Å². The van der Waals surface area contributed by atoms with E-state index in [1.807, 2.05) is 18.2 Å². The molecule has 1 aromatic rings. The Bertz CT molecular complexity index is 581. The van der Waals surface area contributed by atoms with Gasteiger partial charge < -0.3 is 0 Å². The van der Waals surface area contributed by atoms with Crippen molar-refractivity contribution in [1.29, 1.82) is 0 Å². The highest BCUT2D eigenvalue weighted by molar-refractivity contribution is 6.04. The summed E-state index contributed by atoms with van der Waals surface area (Å²) >= 11 is 0. The SMILES string of the molecule is CC1C(=Cc2ccccc2)C(=O)C2C3C=CC(C3)C12. The molecule has 0 aromatic heterocycles. The van der Waals surface area contributed by atoms with E-state index in [2.05, 4.69) is 37.3 Å². The normalized spacial score (nSPS) is 41.2. The van der Waals surface area contributed by atoms with Crippen LogP contribution in [0.4, 0.5) is 0 Å². The Morgan fingerprint density at radius 2 is 1.84 bits per heavy atom. The monoisotopic (exact) mass is 250 g/mol. The zero-order chi connectivity index (χ0) is 13.0. The molecule has 5 atom stereocenters. The Morgan fingerprint density at radius 3 is 2.58 bits per heavy atom. The van der Waals surface area contributed by atoms with E-state index in [0.717, 1.165) is 11.1 Å². The van der Waals surface area contributed by atoms with Crippen LogP contribution in [0.1, 0.15) is 18.9 Å². The van der Waals surface area contributed by atoms with Gasteiger partial charge in [-0.25, -0.2) is 0 Å². The molecular formula is C18H18O. The second-order valence-electron chi connectivity index (χ2n) is 6.21. The molecule has 1 aromatic carbocycles. The zero-order valence-electron chi connectivity index (χ0n) is 11.1. The lowest BCUT2D eigenvalue weighted by atomic mass is 9.81. The smallest absolute Gasteiger partial charge is 0.163 e. The van der Waals surface area contributed by atoms with E-state index in [-0.39, 0.29) is 5.92 Å². The van der Waals surface area contributed by atoms with Crippen molar-refractivity contribution < 1.29 is 4.79 Å². The second-order valence-corrected chi connectivity index (χ2v) is 6.21. The van der Waals surface area contributed by atoms with E-state index in [9.17, 15) is 4.79 Å². The van der Waals surface area contributed by atoms with Gasteiger partial charge in [0.05, 0.1) is 0 Å². The first kappa shape index (κ1) is 11.2. The summed E-state index contributed by atoms with van der Waals surface area (Å²) in [7, 11) is 0. The van der Waals surface area contributed by atoms with Gasteiger partial charge in [0.15, 0.2) is 5.78 Å². The maximum Gasteiger partial charge on any atom is 0.163 e. The second kappa shape index (κ2) is 3.93. The molecule has 0 spiro atoms. The number of hydrogen-bond acceptors (Lipinski definition) is 1. The van der Waals surface area contributed by atoms with Crippen molar-refractivity contribution >= 4 is 11.9 Å². The van der Waals surface area contributed by atoms with Gasteiger partial charge in [0, 0.05) is 5.92 Å². The first-order valence-electron chi connectivity index (χ1n) is 7.25. The van der Waals surface area contributed by atoms with Crippen LogP contribution in [-0.2, 0) is 4.79 Å². The fourth-order valence-electron chi connectivity index (χ4n) is 4.47. The molecule has 2 fully saturated rings. The minimum absolute atomic E-state index is 0.278. The number of Topliss-reactive ketones (excluding diaryl/α,β-unsaturated/α-hetero) is 1. The number of fused-ring (bicyclic) bond motifs is 5. The number of benzene rings is 1. The summed E-state index contributed by atoms with van der Waals surface area (Å²) in [5.74, 6) is 2.84. The average molecular weight is 250 g/mol. The van der Waals surface area contributed by atoms with Gasteiger partial charge in [0.2, 0.25) is 0 Å². The van der Waals surface area contributed by atoms with Gasteiger partial charge in [0.25, 0.3) is 0 Å². The standard InChI is InChI=1S/C18H18O/c1-11-15(9-12-5-3-2-4-6-12)18(19)17-14-8-7-13(10-14)16(11)17/h2-9,11,13-14,16-17H,10H2,1H3. The minimum atomic E-state index is 0.278. The Hall–Kier alpha value is -1.63. The van der Waals surface area contributed by atoms with Crippen molar-refractivity contribution in [2.24, 2.45) is 29.6 Å². The minimum Gasteiger partial charge on any atom is -0.294 e. The lowest BCUT2D eigenvalue weighted by Gasteiger charge is -2.21. The maximum absolute atomic E-state index is 12.7. The van der Waals surface area contributed by atoms with Crippen LogP contribution in [0.25, 0.3) is 6.08 Å². The lowest BCUT2D eigenvalue weighted by molar-refractivity contribution is -0.118. The predicted molar refractivity (Wildman–Crippen MR) is 76.3 cm³/mol. The van der Waals surface area contributed by atoms with Gasteiger partial charge in [0.1, 0.15) is 0 Å². The Balaban J connectivity index is 1.73. The van der Waals surface area contributed by atoms with Crippen LogP contribution >= 0.6 is 0 Å². The van der Waals surface area contributed by atoms with Crippen LogP contribution in [0.3, 0.4) is 0 Å². The van der Waals surface area contributed by atoms with Gasteiger partial charge in [-0.2, -0.15) is 0 Å². The molecule has 0 amide bonds. The molecule has 3 aliphatic rings. The molecule has 2 bridgehead atoms. The predicted octanol–water partition coefficient (Wildman–Crippen LogP) is 3.73. The van der Waals surface area contributed by atoms with E-state index >= 15 is 0 Å². The molecule has 0 radical (unpaired) electrons. The van der Waals surface area contributed by atoms with Crippen LogP contribution in [-0.4, -0.2) is 5.78 Å². The van der Waals surface area contributed by atoms with E-state index in [1.54, 1.807) is 0 Å². The molecule has 1 heteroatoms. The van der Waals surface area contributed by atoms with E-state index in [0.29, 0.717) is 29.5 Å². The summed E-state index contributed by atoms with van der Waals surface area (Å²) in [6, 6.07) is 10.2. The first-order valence-corrected chi connectivity index (χ1v) is 7.25. The fraction of sp³-hybridized carbons (Fsp3) is 0.389. The largest absolute Gasteiger partial charge is 0.294 e. The Labute approximate surface area is 114 Å². The topological polar surface area (TPSA) is 17.1 Å². The molecule has 5 unspecified atom stereocenters. The summed E-state index contributed by atoms with van der Waals surface area (Å²) in [5.41, 5.74) is 2.21. The molecular weight excluding hydrogens is 232 g/mol. The summed E-state index contributed by atoms with van der Waals surface area (Å²) in [4.78, 5) is 12.7. The summed E-state index contributed by atoms with van der Waals surface area (Å²) in [5, 5.41) is 0. The van der Waals surface area contributed by atoms with Crippen molar-refractivity contribution in [2.75, 3.05) is 0 Å². The molecule has 4 rings (SSSR count). The molecule has 1 nitrogen and oxygen atoms in total. The molecule has 96 valence electrons. The number of carbonyl (C=O) groups is 1. The zero-order valence-corrected chi connectivity index (χ0v) is 11.1. The van der Waals surface area contributed by atoms with Crippen LogP contribution < -0.4 is 0 Å². The van der Waals surface area contributed by atoms with E-state index in [4.69, 9.17) is 0 Å². The molecule has 0 aliphatic heterocycles. The van der Waals surface area contributed by atoms with Crippen LogP contribution in [0.15, 0.2) is 48.1 Å². The highest BCUT2D eigenvalue weighted by Gasteiger charge is 2.56. The summed E-state index contributed by atoms with van der Waals surface area (Å²) in [6.45, 7) is 2.24. The molecule has 0 N–H and O–H groups in total. The van der Waals surface area contributed by atoms with Crippen molar-refractivity contribution in [1.82, 2.24) is 0 Å². The first-order chi connectivity index (χ1) is 9.25. The number of rotatable bonds is 1. The van der Waals surface area contributed by atoms with E-state index in [1.165, 1.54) is 6.42 Å².